The lowest BCUT2D eigenvalue weighted by atomic mass is 10.1. The lowest BCUT2D eigenvalue weighted by molar-refractivity contribution is -0.116. The molecule has 0 fully saturated rings. The molecular weight excluding hydrogens is 310 g/mol. The number of anilines is 1. The Hall–Kier alpha value is -2.59. The van der Waals surface area contributed by atoms with Crippen LogP contribution in [0.15, 0.2) is 60.8 Å². The first kappa shape index (κ1) is 15.3. The van der Waals surface area contributed by atoms with E-state index in [0.29, 0.717) is 5.02 Å². The first-order valence-electron chi connectivity index (χ1n) is 7.27. The highest BCUT2D eigenvalue weighted by Gasteiger charge is 2.09. The van der Waals surface area contributed by atoms with Crippen LogP contribution >= 0.6 is 11.6 Å². The Morgan fingerprint density at radius 1 is 1.09 bits per heavy atom. The standard InChI is InChI=1S/C18H16ClN3O/c1-13-17(19)11-20-22(13)12-18(23)21-16-9-7-15(8-10-16)14-5-3-2-4-6-14/h2-11H,12H2,1H3,(H,21,23). The Labute approximate surface area is 139 Å². The van der Waals surface area contributed by atoms with Crippen molar-refractivity contribution in [1.29, 1.82) is 0 Å². The molecule has 116 valence electrons. The summed E-state index contributed by atoms with van der Waals surface area (Å²) < 4.78 is 1.58. The molecule has 1 N–H and O–H groups in total. The number of rotatable bonds is 4. The largest absolute Gasteiger partial charge is 0.324 e. The highest BCUT2D eigenvalue weighted by Crippen LogP contribution is 2.21. The fourth-order valence-electron chi connectivity index (χ4n) is 2.30. The molecule has 0 radical (unpaired) electrons. The topological polar surface area (TPSA) is 46.9 Å². The molecule has 4 nitrogen and oxygen atoms in total. The third kappa shape index (κ3) is 3.60. The third-order valence-corrected chi connectivity index (χ3v) is 3.98. The molecule has 1 heterocycles. The zero-order chi connectivity index (χ0) is 16.2. The molecule has 0 saturated heterocycles. The van der Waals surface area contributed by atoms with Crippen LogP contribution in [-0.4, -0.2) is 15.7 Å². The molecular formula is C18H16ClN3O. The van der Waals surface area contributed by atoms with E-state index in [4.69, 9.17) is 11.6 Å². The van der Waals surface area contributed by atoms with Crippen LogP contribution in [0.5, 0.6) is 0 Å². The molecule has 2 aromatic carbocycles. The van der Waals surface area contributed by atoms with Crippen molar-refractivity contribution in [3.63, 3.8) is 0 Å². The van der Waals surface area contributed by atoms with Crippen molar-refractivity contribution in [2.75, 3.05) is 5.32 Å². The van der Waals surface area contributed by atoms with Crippen LogP contribution in [-0.2, 0) is 11.3 Å². The van der Waals surface area contributed by atoms with Crippen LogP contribution in [0, 0.1) is 6.92 Å². The predicted octanol–water partition coefficient (Wildman–Crippen LogP) is 4.15. The van der Waals surface area contributed by atoms with Gasteiger partial charge in [0.25, 0.3) is 0 Å². The van der Waals surface area contributed by atoms with E-state index in [2.05, 4.69) is 22.5 Å². The van der Waals surface area contributed by atoms with Crippen LogP contribution < -0.4 is 5.32 Å². The van der Waals surface area contributed by atoms with Gasteiger partial charge in [-0.2, -0.15) is 5.10 Å². The van der Waals surface area contributed by atoms with Gasteiger partial charge in [-0.3, -0.25) is 9.48 Å². The number of halogens is 1. The maximum Gasteiger partial charge on any atom is 0.246 e. The van der Waals surface area contributed by atoms with E-state index in [9.17, 15) is 4.79 Å². The molecule has 1 amide bonds. The summed E-state index contributed by atoms with van der Waals surface area (Å²) in [4.78, 5) is 12.1. The zero-order valence-corrected chi connectivity index (χ0v) is 13.4. The third-order valence-electron chi connectivity index (χ3n) is 3.61. The Kier molecular flexibility index (Phi) is 4.44. The van der Waals surface area contributed by atoms with Crippen molar-refractivity contribution < 1.29 is 4.79 Å². The van der Waals surface area contributed by atoms with E-state index in [1.54, 1.807) is 10.9 Å². The Balaban J connectivity index is 1.66. The van der Waals surface area contributed by atoms with Crippen molar-refractivity contribution in [2.24, 2.45) is 0 Å². The van der Waals surface area contributed by atoms with Gasteiger partial charge in [-0.1, -0.05) is 54.1 Å². The average molecular weight is 326 g/mol. The summed E-state index contributed by atoms with van der Waals surface area (Å²) in [5.74, 6) is -0.139. The number of amides is 1. The van der Waals surface area contributed by atoms with Gasteiger partial charge >= 0.3 is 0 Å². The highest BCUT2D eigenvalue weighted by molar-refractivity contribution is 6.31. The van der Waals surface area contributed by atoms with Crippen LogP contribution in [0.2, 0.25) is 5.02 Å². The van der Waals surface area contributed by atoms with Gasteiger partial charge in [-0.25, -0.2) is 0 Å². The smallest absolute Gasteiger partial charge is 0.246 e. The van der Waals surface area contributed by atoms with E-state index in [0.717, 1.165) is 22.5 Å². The molecule has 5 heteroatoms. The molecule has 0 bridgehead atoms. The molecule has 0 saturated carbocycles. The number of hydrogen-bond acceptors (Lipinski definition) is 2. The summed E-state index contributed by atoms with van der Waals surface area (Å²) in [7, 11) is 0. The Morgan fingerprint density at radius 3 is 2.35 bits per heavy atom. The summed E-state index contributed by atoms with van der Waals surface area (Å²) in [5, 5.41) is 7.50. The fourth-order valence-corrected chi connectivity index (χ4v) is 2.44. The Morgan fingerprint density at radius 2 is 1.74 bits per heavy atom. The van der Waals surface area contributed by atoms with Crippen molar-refractivity contribution in [3.8, 4) is 11.1 Å². The second kappa shape index (κ2) is 6.67. The van der Waals surface area contributed by atoms with Gasteiger partial charge in [0.2, 0.25) is 5.91 Å². The number of carbonyl (C=O) groups is 1. The van der Waals surface area contributed by atoms with Gasteiger partial charge in [0.15, 0.2) is 0 Å². The monoisotopic (exact) mass is 325 g/mol. The lowest BCUT2D eigenvalue weighted by Gasteiger charge is -2.08. The number of hydrogen-bond donors (Lipinski definition) is 1. The zero-order valence-electron chi connectivity index (χ0n) is 12.7. The molecule has 1 aromatic heterocycles. The normalized spacial score (nSPS) is 10.5. The van der Waals surface area contributed by atoms with E-state index in [-0.39, 0.29) is 12.5 Å². The second-order valence-corrected chi connectivity index (χ2v) is 5.63. The maximum absolute atomic E-state index is 12.1. The molecule has 0 unspecified atom stereocenters. The van der Waals surface area contributed by atoms with Crippen LogP contribution in [0.3, 0.4) is 0 Å². The van der Waals surface area contributed by atoms with Crippen LogP contribution in [0.1, 0.15) is 5.69 Å². The lowest BCUT2D eigenvalue weighted by Crippen LogP contribution is -2.20. The number of carbonyl (C=O) groups excluding carboxylic acids is 1. The number of nitrogens with one attached hydrogen (secondary N) is 1. The molecule has 0 aliphatic heterocycles. The molecule has 3 aromatic rings. The molecule has 0 aliphatic rings. The first-order chi connectivity index (χ1) is 11.1. The number of benzene rings is 2. The van der Waals surface area contributed by atoms with E-state index >= 15 is 0 Å². The minimum atomic E-state index is -0.139. The van der Waals surface area contributed by atoms with Gasteiger partial charge in [0, 0.05) is 5.69 Å². The van der Waals surface area contributed by atoms with Gasteiger partial charge in [0.1, 0.15) is 6.54 Å². The van der Waals surface area contributed by atoms with Crippen molar-refractivity contribution in [2.45, 2.75) is 13.5 Å². The van der Waals surface area contributed by atoms with Gasteiger partial charge in [-0.15, -0.1) is 0 Å². The van der Waals surface area contributed by atoms with E-state index < -0.39 is 0 Å². The van der Waals surface area contributed by atoms with E-state index in [1.807, 2.05) is 49.4 Å². The SMILES string of the molecule is Cc1c(Cl)cnn1CC(=O)Nc1ccc(-c2ccccc2)cc1. The molecule has 0 atom stereocenters. The average Bonchev–Trinajstić information content (AvgIpc) is 2.88. The van der Waals surface area contributed by atoms with Crippen molar-refractivity contribution in [1.82, 2.24) is 9.78 Å². The predicted molar refractivity (Wildman–Crippen MR) is 92.5 cm³/mol. The molecule has 23 heavy (non-hydrogen) atoms. The maximum atomic E-state index is 12.1. The Bertz CT molecular complexity index is 810. The minimum Gasteiger partial charge on any atom is -0.324 e. The first-order valence-corrected chi connectivity index (χ1v) is 7.64. The fraction of sp³-hybridized carbons (Fsp3) is 0.111. The summed E-state index contributed by atoms with van der Waals surface area (Å²) >= 11 is 5.93. The summed E-state index contributed by atoms with van der Waals surface area (Å²) in [6.07, 6.45) is 1.54. The van der Waals surface area contributed by atoms with Crippen LogP contribution in [0.25, 0.3) is 11.1 Å². The van der Waals surface area contributed by atoms with E-state index in [1.165, 1.54) is 0 Å². The van der Waals surface area contributed by atoms with Gasteiger partial charge < -0.3 is 5.32 Å². The summed E-state index contributed by atoms with van der Waals surface area (Å²) in [6, 6.07) is 17.9. The highest BCUT2D eigenvalue weighted by atomic mass is 35.5. The second-order valence-electron chi connectivity index (χ2n) is 5.23. The van der Waals surface area contributed by atoms with Gasteiger partial charge in [0.05, 0.1) is 16.9 Å². The molecule has 0 aliphatic carbocycles. The van der Waals surface area contributed by atoms with Gasteiger partial charge in [-0.05, 0) is 30.2 Å². The quantitative estimate of drug-likeness (QED) is 0.783. The summed E-state index contributed by atoms with van der Waals surface area (Å²) in [5.41, 5.74) is 3.79. The van der Waals surface area contributed by atoms with Crippen LogP contribution in [0.4, 0.5) is 5.69 Å². The number of nitrogens with zero attached hydrogens (tertiary/aromatic N) is 2. The number of aromatic nitrogens is 2. The molecule has 0 spiro atoms. The van der Waals surface area contributed by atoms with Crippen molar-refractivity contribution in [3.05, 3.63) is 71.5 Å². The molecule has 3 rings (SSSR count). The summed E-state index contributed by atoms with van der Waals surface area (Å²) in [6.45, 7) is 1.97. The minimum absolute atomic E-state index is 0.138. The van der Waals surface area contributed by atoms with Crippen molar-refractivity contribution >= 4 is 23.2 Å².